The van der Waals surface area contributed by atoms with E-state index >= 15 is 0 Å². The van der Waals surface area contributed by atoms with Gasteiger partial charge in [-0.05, 0) is 31.0 Å². The van der Waals surface area contributed by atoms with Crippen LogP contribution in [-0.2, 0) is 11.2 Å². The van der Waals surface area contributed by atoms with Crippen LogP contribution in [0.15, 0.2) is 24.3 Å². The molecule has 0 aliphatic carbocycles. The quantitative estimate of drug-likeness (QED) is 0.800. The lowest BCUT2D eigenvalue weighted by atomic mass is 10.1. The Labute approximate surface area is 102 Å². The molecule has 0 aromatic heterocycles. The molecule has 0 spiro atoms. The molecular weight excluding hydrogens is 214 g/mol. The zero-order valence-corrected chi connectivity index (χ0v) is 10.1. The Bertz CT molecular complexity index is 403. The monoisotopic (exact) mass is 233 g/mol. The molecule has 1 aliphatic rings. The zero-order chi connectivity index (χ0) is 12.3. The van der Waals surface area contributed by atoms with Crippen molar-refractivity contribution in [3.8, 4) is 0 Å². The van der Waals surface area contributed by atoms with E-state index in [9.17, 15) is 4.79 Å². The fourth-order valence-electron chi connectivity index (χ4n) is 2.10. The molecule has 1 amide bonds. The summed E-state index contributed by atoms with van der Waals surface area (Å²) in [6.07, 6.45) is 0.841. The SMILES string of the molecule is CC(N)Cc1cccc(N2CCNCC2=O)c1. The van der Waals surface area contributed by atoms with Crippen molar-refractivity contribution in [3.05, 3.63) is 29.8 Å². The molecular formula is C13H19N3O. The number of rotatable bonds is 3. The lowest BCUT2D eigenvalue weighted by Gasteiger charge is -2.27. The largest absolute Gasteiger partial charge is 0.328 e. The number of nitrogens with zero attached hydrogens (tertiary/aromatic N) is 1. The summed E-state index contributed by atoms with van der Waals surface area (Å²) < 4.78 is 0. The normalized spacial score (nSPS) is 18.2. The molecule has 1 aromatic carbocycles. The number of nitrogens with two attached hydrogens (primary N) is 1. The Balaban J connectivity index is 2.17. The van der Waals surface area contributed by atoms with Crippen LogP contribution in [0.4, 0.5) is 5.69 Å². The minimum atomic E-state index is 0.134. The first-order chi connectivity index (χ1) is 8.16. The van der Waals surface area contributed by atoms with E-state index in [1.807, 2.05) is 24.0 Å². The minimum absolute atomic E-state index is 0.134. The van der Waals surface area contributed by atoms with Crippen molar-refractivity contribution in [3.63, 3.8) is 0 Å². The summed E-state index contributed by atoms with van der Waals surface area (Å²) in [5, 5.41) is 3.07. The Kier molecular flexibility index (Phi) is 3.76. The van der Waals surface area contributed by atoms with Crippen LogP contribution >= 0.6 is 0 Å². The molecule has 1 aliphatic heterocycles. The average molecular weight is 233 g/mol. The van der Waals surface area contributed by atoms with E-state index in [1.54, 1.807) is 0 Å². The highest BCUT2D eigenvalue weighted by Gasteiger charge is 2.19. The van der Waals surface area contributed by atoms with Gasteiger partial charge in [-0.2, -0.15) is 0 Å². The molecule has 1 heterocycles. The molecule has 0 bridgehead atoms. The van der Waals surface area contributed by atoms with E-state index in [-0.39, 0.29) is 11.9 Å². The second-order valence-electron chi connectivity index (χ2n) is 4.57. The van der Waals surface area contributed by atoms with Crippen molar-refractivity contribution in [1.82, 2.24) is 5.32 Å². The maximum absolute atomic E-state index is 11.8. The first-order valence-corrected chi connectivity index (χ1v) is 6.02. The number of piperazine rings is 1. The van der Waals surface area contributed by atoms with Gasteiger partial charge in [-0.3, -0.25) is 4.79 Å². The highest BCUT2D eigenvalue weighted by molar-refractivity contribution is 5.95. The number of carbonyl (C=O) groups excluding carboxylic acids is 1. The smallest absolute Gasteiger partial charge is 0.240 e. The zero-order valence-electron chi connectivity index (χ0n) is 10.1. The maximum Gasteiger partial charge on any atom is 0.240 e. The van der Waals surface area contributed by atoms with E-state index in [0.29, 0.717) is 6.54 Å². The molecule has 92 valence electrons. The number of anilines is 1. The molecule has 17 heavy (non-hydrogen) atoms. The van der Waals surface area contributed by atoms with Gasteiger partial charge in [-0.1, -0.05) is 12.1 Å². The topological polar surface area (TPSA) is 58.4 Å². The highest BCUT2D eigenvalue weighted by atomic mass is 16.2. The van der Waals surface area contributed by atoms with Crippen molar-refractivity contribution in [2.75, 3.05) is 24.5 Å². The lowest BCUT2D eigenvalue weighted by Crippen LogP contribution is -2.48. The molecule has 0 radical (unpaired) electrons. The van der Waals surface area contributed by atoms with E-state index in [1.165, 1.54) is 5.56 Å². The van der Waals surface area contributed by atoms with Gasteiger partial charge in [0, 0.05) is 24.8 Å². The molecule has 1 saturated heterocycles. The Morgan fingerprint density at radius 1 is 1.53 bits per heavy atom. The van der Waals surface area contributed by atoms with Gasteiger partial charge in [0.25, 0.3) is 0 Å². The van der Waals surface area contributed by atoms with Gasteiger partial charge in [-0.25, -0.2) is 0 Å². The average Bonchev–Trinajstić information content (AvgIpc) is 2.29. The van der Waals surface area contributed by atoms with Gasteiger partial charge in [0.2, 0.25) is 5.91 Å². The molecule has 4 heteroatoms. The molecule has 2 rings (SSSR count). The van der Waals surface area contributed by atoms with Crippen LogP contribution in [0.25, 0.3) is 0 Å². The van der Waals surface area contributed by atoms with E-state index < -0.39 is 0 Å². The van der Waals surface area contributed by atoms with Crippen molar-refractivity contribution >= 4 is 11.6 Å². The number of hydrogen-bond donors (Lipinski definition) is 2. The van der Waals surface area contributed by atoms with Crippen molar-refractivity contribution < 1.29 is 4.79 Å². The molecule has 1 unspecified atom stereocenters. The number of amides is 1. The molecule has 1 atom stereocenters. The van der Waals surface area contributed by atoms with Gasteiger partial charge in [0.1, 0.15) is 0 Å². The Morgan fingerprint density at radius 2 is 2.35 bits per heavy atom. The minimum Gasteiger partial charge on any atom is -0.328 e. The summed E-state index contributed by atoms with van der Waals surface area (Å²) in [7, 11) is 0. The van der Waals surface area contributed by atoms with Crippen LogP contribution in [-0.4, -0.2) is 31.6 Å². The third kappa shape index (κ3) is 3.05. The second-order valence-corrected chi connectivity index (χ2v) is 4.57. The molecule has 1 aromatic rings. The standard InChI is InChI=1S/C13H19N3O/c1-10(14)7-11-3-2-4-12(8-11)16-6-5-15-9-13(16)17/h2-4,8,10,15H,5-7,9,14H2,1H3. The van der Waals surface area contributed by atoms with Crippen LogP contribution in [0.3, 0.4) is 0 Å². The van der Waals surface area contributed by atoms with Gasteiger partial charge < -0.3 is 16.0 Å². The first kappa shape index (κ1) is 12.1. The summed E-state index contributed by atoms with van der Waals surface area (Å²) in [4.78, 5) is 13.6. The Morgan fingerprint density at radius 3 is 3.06 bits per heavy atom. The first-order valence-electron chi connectivity index (χ1n) is 6.02. The summed E-state index contributed by atoms with van der Waals surface area (Å²) >= 11 is 0. The number of carbonyl (C=O) groups is 1. The number of nitrogens with one attached hydrogen (secondary N) is 1. The summed E-state index contributed by atoms with van der Waals surface area (Å²) in [6.45, 7) is 4.00. The van der Waals surface area contributed by atoms with Gasteiger partial charge in [0.05, 0.1) is 6.54 Å². The number of benzene rings is 1. The fraction of sp³-hybridized carbons (Fsp3) is 0.462. The number of hydrogen-bond acceptors (Lipinski definition) is 3. The van der Waals surface area contributed by atoms with Crippen molar-refractivity contribution in [2.24, 2.45) is 5.73 Å². The fourth-order valence-corrected chi connectivity index (χ4v) is 2.10. The van der Waals surface area contributed by atoms with Crippen LogP contribution in [0.1, 0.15) is 12.5 Å². The van der Waals surface area contributed by atoms with E-state index in [4.69, 9.17) is 5.73 Å². The summed E-state index contributed by atoms with van der Waals surface area (Å²) in [5.74, 6) is 0.134. The summed E-state index contributed by atoms with van der Waals surface area (Å²) in [5.41, 5.74) is 7.95. The van der Waals surface area contributed by atoms with Crippen molar-refractivity contribution in [1.29, 1.82) is 0 Å². The Hall–Kier alpha value is -1.39. The molecule has 4 nitrogen and oxygen atoms in total. The highest BCUT2D eigenvalue weighted by Crippen LogP contribution is 2.18. The molecule has 1 fully saturated rings. The van der Waals surface area contributed by atoms with Gasteiger partial charge in [-0.15, -0.1) is 0 Å². The van der Waals surface area contributed by atoms with Crippen LogP contribution < -0.4 is 16.0 Å². The van der Waals surface area contributed by atoms with Crippen LogP contribution in [0, 0.1) is 0 Å². The van der Waals surface area contributed by atoms with Crippen molar-refractivity contribution in [2.45, 2.75) is 19.4 Å². The molecule has 0 saturated carbocycles. The van der Waals surface area contributed by atoms with Gasteiger partial charge >= 0.3 is 0 Å². The predicted molar refractivity (Wildman–Crippen MR) is 69.0 cm³/mol. The van der Waals surface area contributed by atoms with E-state index in [2.05, 4.69) is 17.4 Å². The maximum atomic E-state index is 11.8. The van der Waals surface area contributed by atoms with Crippen LogP contribution in [0.5, 0.6) is 0 Å². The lowest BCUT2D eigenvalue weighted by molar-refractivity contribution is -0.118. The third-order valence-electron chi connectivity index (χ3n) is 2.87. The van der Waals surface area contributed by atoms with Crippen LogP contribution in [0.2, 0.25) is 0 Å². The summed E-state index contributed by atoms with van der Waals surface area (Å²) in [6, 6.07) is 8.23. The van der Waals surface area contributed by atoms with Gasteiger partial charge in [0.15, 0.2) is 0 Å². The second kappa shape index (κ2) is 5.29. The predicted octanol–water partition coefficient (Wildman–Crippen LogP) is 0.512. The molecule has 3 N–H and O–H groups in total. The van der Waals surface area contributed by atoms with E-state index in [0.717, 1.165) is 25.2 Å². The third-order valence-corrected chi connectivity index (χ3v) is 2.87.